The first kappa shape index (κ1) is 22.9. The van der Waals surface area contributed by atoms with E-state index in [-0.39, 0.29) is 6.04 Å². The van der Waals surface area contributed by atoms with Gasteiger partial charge in [-0.3, -0.25) is 4.39 Å². The molecule has 0 amide bonds. The number of rotatable bonds is 9. The number of nitrogens with one attached hydrogen (secondary N) is 3. The molecule has 1 aromatic carbocycles. The molecule has 1 fully saturated rings. The smallest absolute Gasteiger partial charge is 0.244 e. The summed E-state index contributed by atoms with van der Waals surface area (Å²) >= 11 is 0. The number of halogens is 1. The molecule has 3 aromatic rings. The van der Waals surface area contributed by atoms with Crippen LogP contribution in [0.4, 0.5) is 21.7 Å². The van der Waals surface area contributed by atoms with Crippen molar-refractivity contribution in [2.24, 2.45) is 5.11 Å². The number of hydrogen-bond acceptors (Lipinski definition) is 8. The van der Waals surface area contributed by atoms with Crippen LogP contribution in [-0.4, -0.2) is 51.7 Å². The molecule has 0 aliphatic heterocycles. The number of methoxy groups -OCH3 is 1. The van der Waals surface area contributed by atoms with Gasteiger partial charge in [0, 0.05) is 24.3 Å². The Morgan fingerprint density at radius 3 is 2.82 bits per heavy atom. The van der Waals surface area contributed by atoms with Gasteiger partial charge in [0.05, 0.1) is 25.1 Å². The zero-order valence-corrected chi connectivity index (χ0v) is 18.9. The van der Waals surface area contributed by atoms with Crippen LogP contribution in [0.25, 0.3) is 16.6 Å². The summed E-state index contributed by atoms with van der Waals surface area (Å²) in [4.78, 5) is 4.59. The van der Waals surface area contributed by atoms with E-state index in [0.717, 1.165) is 42.3 Å². The summed E-state index contributed by atoms with van der Waals surface area (Å²) in [7, 11) is 1.58. The number of aromatic nitrogens is 3. The maximum atomic E-state index is 12.5. The Hall–Kier alpha value is -3.27. The van der Waals surface area contributed by atoms with Crippen LogP contribution < -0.4 is 15.4 Å². The molecule has 2 heterocycles. The van der Waals surface area contributed by atoms with Gasteiger partial charge in [-0.15, -0.1) is 5.10 Å². The van der Waals surface area contributed by atoms with Crippen LogP contribution in [0.15, 0.2) is 35.6 Å². The number of benzene rings is 1. The van der Waals surface area contributed by atoms with Gasteiger partial charge in [0.2, 0.25) is 11.8 Å². The van der Waals surface area contributed by atoms with E-state index in [1.807, 2.05) is 31.3 Å². The molecule has 1 aliphatic rings. The first-order chi connectivity index (χ1) is 15.9. The molecule has 1 aliphatic carbocycles. The fraction of sp³-hybridized carbons (Fsp3) is 0.478. The average Bonchev–Trinajstić information content (AvgIpc) is 3.24. The number of aliphatic hydroxyl groups is 1. The molecular formula is C23H30FN7O2. The lowest BCUT2D eigenvalue weighted by molar-refractivity contribution is 0.0195. The van der Waals surface area contributed by atoms with Gasteiger partial charge in [-0.2, -0.15) is 10.1 Å². The average molecular weight is 456 g/mol. The zero-order chi connectivity index (χ0) is 23.4. The molecule has 0 bridgehead atoms. The van der Waals surface area contributed by atoms with E-state index in [2.05, 4.69) is 25.8 Å². The van der Waals surface area contributed by atoms with E-state index in [0.29, 0.717) is 36.2 Å². The van der Waals surface area contributed by atoms with Crippen molar-refractivity contribution in [3.05, 3.63) is 30.5 Å². The molecule has 4 N–H and O–H groups in total. The van der Waals surface area contributed by atoms with Crippen LogP contribution in [0.3, 0.4) is 0 Å². The Morgan fingerprint density at radius 2 is 2.12 bits per heavy atom. The molecule has 0 radical (unpaired) electrons. The Kier molecular flexibility index (Phi) is 6.73. The van der Waals surface area contributed by atoms with Gasteiger partial charge in [-0.1, -0.05) is 6.07 Å². The molecule has 9 nitrogen and oxygen atoms in total. The fourth-order valence-electron chi connectivity index (χ4n) is 4.23. The number of ether oxygens (including phenoxy) is 1. The Morgan fingerprint density at radius 1 is 1.33 bits per heavy atom. The fourth-order valence-corrected chi connectivity index (χ4v) is 4.23. The third-order valence-electron chi connectivity index (χ3n) is 6.12. The lowest BCUT2D eigenvalue weighted by atomic mass is 9.84. The third kappa shape index (κ3) is 5.05. The molecular weight excluding hydrogens is 425 g/mol. The predicted octanol–water partition coefficient (Wildman–Crippen LogP) is 4.94. The number of nitrogens with zero attached hydrogens (tertiary/aromatic N) is 4. The van der Waals surface area contributed by atoms with Crippen molar-refractivity contribution in [1.82, 2.24) is 14.6 Å². The van der Waals surface area contributed by atoms with Crippen molar-refractivity contribution in [1.29, 1.82) is 5.53 Å². The van der Waals surface area contributed by atoms with Gasteiger partial charge in [0.15, 0.2) is 0 Å². The van der Waals surface area contributed by atoms with Crippen molar-refractivity contribution < 1.29 is 14.2 Å². The number of fused-ring (bicyclic) bond motifs is 1. The van der Waals surface area contributed by atoms with Crippen molar-refractivity contribution in [2.45, 2.75) is 50.7 Å². The molecule has 33 heavy (non-hydrogen) atoms. The highest BCUT2D eigenvalue weighted by atomic mass is 19.1. The van der Waals surface area contributed by atoms with E-state index in [9.17, 15) is 9.50 Å². The van der Waals surface area contributed by atoms with Crippen LogP contribution >= 0.6 is 0 Å². The topological polar surface area (TPSA) is 120 Å². The normalized spacial score (nSPS) is 20.5. The van der Waals surface area contributed by atoms with E-state index in [4.69, 9.17) is 10.3 Å². The monoisotopic (exact) mass is 455 g/mol. The lowest BCUT2D eigenvalue weighted by Gasteiger charge is -2.33. The molecule has 1 saturated carbocycles. The van der Waals surface area contributed by atoms with Crippen molar-refractivity contribution in [3.8, 4) is 17.0 Å². The quantitative estimate of drug-likeness (QED) is 0.268. The van der Waals surface area contributed by atoms with Gasteiger partial charge in [0.25, 0.3) is 0 Å². The van der Waals surface area contributed by atoms with Crippen LogP contribution in [-0.2, 0) is 0 Å². The second-order valence-corrected chi connectivity index (χ2v) is 8.70. The first-order valence-corrected chi connectivity index (χ1v) is 11.2. The molecule has 4 rings (SSSR count). The van der Waals surface area contributed by atoms with Gasteiger partial charge >= 0.3 is 0 Å². The highest BCUT2D eigenvalue weighted by Gasteiger charge is 2.29. The molecule has 0 atom stereocenters. The Labute approximate surface area is 191 Å². The molecule has 10 heteroatoms. The SMILES string of the molecule is COc1nc(NC2CCC(C)(O)CC2)nn2ccc(-c3ccc(N=N)c(NCCCF)c3)c12. The number of hydrogen-bond donors (Lipinski definition) is 4. The Bertz CT molecular complexity index is 1120. The second kappa shape index (κ2) is 9.70. The van der Waals surface area contributed by atoms with E-state index in [1.165, 1.54) is 0 Å². The predicted molar refractivity (Wildman–Crippen MR) is 125 cm³/mol. The number of alkyl halides is 1. The summed E-state index contributed by atoms with van der Waals surface area (Å²) in [6.45, 7) is 1.93. The van der Waals surface area contributed by atoms with Gasteiger partial charge < -0.3 is 20.5 Å². The largest absolute Gasteiger partial charge is 0.479 e. The van der Waals surface area contributed by atoms with Crippen molar-refractivity contribution in [2.75, 3.05) is 31.0 Å². The summed E-state index contributed by atoms with van der Waals surface area (Å²) in [6, 6.07) is 7.65. The van der Waals surface area contributed by atoms with Crippen LogP contribution in [0.2, 0.25) is 0 Å². The minimum atomic E-state index is -0.599. The highest BCUT2D eigenvalue weighted by molar-refractivity contribution is 5.87. The van der Waals surface area contributed by atoms with Crippen LogP contribution in [0, 0.1) is 5.53 Å². The molecule has 176 valence electrons. The number of anilines is 2. The van der Waals surface area contributed by atoms with Gasteiger partial charge in [-0.25, -0.2) is 10.0 Å². The van der Waals surface area contributed by atoms with Gasteiger partial charge in [0.1, 0.15) is 11.2 Å². The van der Waals surface area contributed by atoms with Crippen molar-refractivity contribution >= 4 is 22.8 Å². The summed E-state index contributed by atoms with van der Waals surface area (Å²) in [5.74, 6) is 0.918. The molecule has 2 aromatic heterocycles. The van der Waals surface area contributed by atoms with E-state index in [1.54, 1.807) is 17.7 Å². The minimum absolute atomic E-state index is 0.196. The Balaban J connectivity index is 1.63. The van der Waals surface area contributed by atoms with E-state index < -0.39 is 12.3 Å². The van der Waals surface area contributed by atoms with Crippen LogP contribution in [0.5, 0.6) is 5.88 Å². The maximum Gasteiger partial charge on any atom is 0.244 e. The molecule has 0 saturated heterocycles. The summed E-state index contributed by atoms with van der Waals surface area (Å²) in [5, 5.41) is 24.9. The summed E-state index contributed by atoms with van der Waals surface area (Å²) < 4.78 is 19.9. The second-order valence-electron chi connectivity index (χ2n) is 8.70. The maximum absolute atomic E-state index is 12.5. The lowest BCUT2D eigenvalue weighted by Crippen LogP contribution is -2.36. The summed E-state index contributed by atoms with van der Waals surface area (Å²) in [5.41, 5.74) is 10.4. The van der Waals surface area contributed by atoms with Crippen molar-refractivity contribution in [3.63, 3.8) is 0 Å². The third-order valence-corrected chi connectivity index (χ3v) is 6.12. The minimum Gasteiger partial charge on any atom is -0.479 e. The standard InChI is InChI=1S/C23H30FN7O2/c1-23(32)9-6-16(7-10-23)27-22-28-21(33-2)20-17(8-13-31(20)30-22)15-4-5-18(29-25)19(14-15)26-12-3-11-24/h4-5,8,13-14,16,25-26,32H,3,6-7,9-12H2,1-2H3,(H,27,30). The zero-order valence-electron chi connectivity index (χ0n) is 18.9. The van der Waals surface area contributed by atoms with E-state index >= 15 is 0 Å². The van der Waals surface area contributed by atoms with Gasteiger partial charge in [-0.05, 0) is 62.8 Å². The molecule has 0 unspecified atom stereocenters. The summed E-state index contributed by atoms with van der Waals surface area (Å²) in [6.07, 6.45) is 5.40. The molecule has 0 spiro atoms. The first-order valence-electron chi connectivity index (χ1n) is 11.2. The highest BCUT2D eigenvalue weighted by Crippen LogP contribution is 2.36. The van der Waals surface area contributed by atoms with Crippen LogP contribution in [0.1, 0.15) is 39.0 Å².